The van der Waals surface area contributed by atoms with Crippen molar-refractivity contribution in [3.63, 3.8) is 0 Å². The number of benzene rings is 5. The lowest BCUT2D eigenvalue weighted by Crippen LogP contribution is -1.96. The summed E-state index contributed by atoms with van der Waals surface area (Å²) in [6, 6.07) is 47.0. The van der Waals surface area contributed by atoms with Gasteiger partial charge in [-0.05, 0) is 47.5 Å². The van der Waals surface area contributed by atoms with Crippen LogP contribution in [0.15, 0.2) is 144 Å². The summed E-state index contributed by atoms with van der Waals surface area (Å²) < 4.78 is 6.03. The van der Waals surface area contributed by atoms with Crippen molar-refractivity contribution in [2.24, 2.45) is 0 Å². The predicted octanol–water partition coefficient (Wildman–Crippen LogP) is 8.95. The van der Waals surface area contributed by atoms with Crippen LogP contribution in [-0.2, 0) is 0 Å². The Kier molecular flexibility index (Phi) is 5.76. The molecule has 0 aliphatic heterocycles. The largest absolute Gasteiger partial charge is 0.436 e. The molecule has 0 aliphatic rings. The highest BCUT2D eigenvalue weighted by molar-refractivity contribution is 5.82. The second kappa shape index (κ2) is 9.84. The van der Waals surface area contributed by atoms with Gasteiger partial charge in [-0.15, -0.1) is 0 Å². The van der Waals surface area contributed by atoms with E-state index in [4.69, 9.17) is 19.4 Å². The molecular weight excluding hydrogens is 478 g/mol. The Morgan fingerprint density at radius 2 is 0.872 bits per heavy atom. The molecule has 0 radical (unpaired) electrons. The average molecular weight is 502 g/mol. The van der Waals surface area contributed by atoms with Gasteiger partial charge in [-0.2, -0.15) is 0 Å². The van der Waals surface area contributed by atoms with E-state index in [2.05, 4.69) is 66.7 Å². The summed E-state index contributed by atoms with van der Waals surface area (Å²) in [5.74, 6) is 1.24. The molecule has 0 fully saturated rings. The first-order valence-electron chi connectivity index (χ1n) is 12.9. The molecule has 0 aliphatic carbocycles. The van der Waals surface area contributed by atoms with Crippen molar-refractivity contribution in [2.45, 2.75) is 0 Å². The van der Waals surface area contributed by atoms with Crippen LogP contribution in [0.25, 0.3) is 67.6 Å². The molecule has 0 saturated heterocycles. The number of oxazole rings is 1. The minimum absolute atomic E-state index is 0.598. The van der Waals surface area contributed by atoms with E-state index in [0.717, 1.165) is 44.7 Å². The Morgan fingerprint density at radius 1 is 0.385 bits per heavy atom. The minimum Gasteiger partial charge on any atom is -0.436 e. The standard InChI is InChI=1S/C35H23N3O/c1-4-10-24(11-5-1)25-16-18-27(19-17-25)31-23-30(26-12-6-2-7-13-26)36-34(37-31)29-20-21-33-32(22-29)38-35(39-33)28-14-8-3-9-15-28/h1-23H. The van der Waals surface area contributed by atoms with E-state index in [1.165, 1.54) is 11.1 Å². The smallest absolute Gasteiger partial charge is 0.227 e. The van der Waals surface area contributed by atoms with E-state index < -0.39 is 0 Å². The zero-order chi connectivity index (χ0) is 26.0. The van der Waals surface area contributed by atoms with Gasteiger partial charge in [-0.3, -0.25) is 0 Å². The van der Waals surface area contributed by atoms with Gasteiger partial charge in [-0.25, -0.2) is 15.0 Å². The molecule has 0 amide bonds. The average Bonchev–Trinajstić information content (AvgIpc) is 3.46. The number of fused-ring (bicyclic) bond motifs is 1. The Labute approximate surface area is 226 Å². The van der Waals surface area contributed by atoms with Crippen molar-refractivity contribution in [2.75, 3.05) is 0 Å². The van der Waals surface area contributed by atoms with Crippen LogP contribution in [-0.4, -0.2) is 15.0 Å². The zero-order valence-corrected chi connectivity index (χ0v) is 21.0. The molecule has 4 nitrogen and oxygen atoms in total. The van der Waals surface area contributed by atoms with Crippen molar-refractivity contribution in [3.8, 4) is 56.5 Å². The van der Waals surface area contributed by atoms with Crippen LogP contribution in [0.2, 0.25) is 0 Å². The van der Waals surface area contributed by atoms with Crippen LogP contribution in [0.1, 0.15) is 0 Å². The number of hydrogen-bond donors (Lipinski definition) is 0. The monoisotopic (exact) mass is 501 g/mol. The first-order chi connectivity index (χ1) is 19.3. The molecule has 0 spiro atoms. The van der Waals surface area contributed by atoms with Gasteiger partial charge in [0.25, 0.3) is 0 Å². The van der Waals surface area contributed by atoms with E-state index >= 15 is 0 Å². The van der Waals surface area contributed by atoms with Crippen molar-refractivity contribution in [1.82, 2.24) is 15.0 Å². The zero-order valence-electron chi connectivity index (χ0n) is 21.0. The Balaban J connectivity index is 1.32. The molecule has 0 unspecified atom stereocenters. The van der Waals surface area contributed by atoms with Gasteiger partial charge in [-0.1, -0.05) is 103 Å². The van der Waals surface area contributed by atoms with E-state index in [-0.39, 0.29) is 0 Å². The Morgan fingerprint density at radius 3 is 1.51 bits per heavy atom. The SMILES string of the molecule is c1ccc(-c2ccc(-c3cc(-c4ccccc4)nc(-c4ccc5oc(-c6ccccc6)nc5c4)n3)cc2)cc1. The maximum absolute atomic E-state index is 6.03. The van der Waals surface area contributed by atoms with Crippen LogP contribution in [0.3, 0.4) is 0 Å². The molecular formula is C35H23N3O. The van der Waals surface area contributed by atoms with E-state index in [0.29, 0.717) is 11.7 Å². The summed E-state index contributed by atoms with van der Waals surface area (Å²) in [6.07, 6.45) is 0. The third kappa shape index (κ3) is 4.60. The van der Waals surface area contributed by atoms with Crippen molar-refractivity contribution < 1.29 is 4.42 Å². The Bertz CT molecular complexity index is 1880. The molecule has 2 aromatic heterocycles. The fourth-order valence-electron chi connectivity index (χ4n) is 4.72. The Hall–Kier alpha value is -5.35. The highest BCUT2D eigenvalue weighted by atomic mass is 16.3. The lowest BCUT2D eigenvalue weighted by atomic mass is 10.0. The van der Waals surface area contributed by atoms with Crippen LogP contribution in [0, 0.1) is 0 Å². The van der Waals surface area contributed by atoms with Gasteiger partial charge in [0.15, 0.2) is 11.4 Å². The summed E-state index contributed by atoms with van der Waals surface area (Å²) in [4.78, 5) is 14.7. The molecule has 5 aromatic carbocycles. The normalized spacial score (nSPS) is 11.1. The molecule has 4 heteroatoms. The van der Waals surface area contributed by atoms with Gasteiger partial charge >= 0.3 is 0 Å². The molecule has 184 valence electrons. The maximum Gasteiger partial charge on any atom is 0.227 e. The van der Waals surface area contributed by atoms with Crippen LogP contribution in [0.4, 0.5) is 0 Å². The number of hydrogen-bond acceptors (Lipinski definition) is 4. The van der Waals surface area contributed by atoms with Crippen molar-refractivity contribution >= 4 is 11.1 Å². The topological polar surface area (TPSA) is 51.8 Å². The molecule has 7 rings (SSSR count). The second-order valence-electron chi connectivity index (χ2n) is 9.34. The second-order valence-corrected chi connectivity index (χ2v) is 9.34. The molecule has 39 heavy (non-hydrogen) atoms. The van der Waals surface area contributed by atoms with E-state index in [1.54, 1.807) is 0 Å². The van der Waals surface area contributed by atoms with Gasteiger partial charge in [0.2, 0.25) is 5.89 Å². The fourth-order valence-corrected chi connectivity index (χ4v) is 4.72. The van der Waals surface area contributed by atoms with Gasteiger partial charge in [0.05, 0.1) is 11.4 Å². The molecule has 0 atom stereocenters. The summed E-state index contributed by atoms with van der Waals surface area (Å²) in [5.41, 5.74) is 9.49. The predicted molar refractivity (Wildman–Crippen MR) is 157 cm³/mol. The number of rotatable bonds is 5. The fraction of sp³-hybridized carbons (Fsp3) is 0. The minimum atomic E-state index is 0.598. The third-order valence-corrected chi connectivity index (χ3v) is 6.75. The molecule has 7 aromatic rings. The van der Waals surface area contributed by atoms with Crippen molar-refractivity contribution in [1.29, 1.82) is 0 Å². The van der Waals surface area contributed by atoms with E-state index in [1.807, 2.05) is 72.8 Å². The first-order valence-corrected chi connectivity index (χ1v) is 12.9. The summed E-state index contributed by atoms with van der Waals surface area (Å²) in [5, 5.41) is 0. The molecule has 0 bridgehead atoms. The van der Waals surface area contributed by atoms with Gasteiger partial charge in [0, 0.05) is 22.3 Å². The highest BCUT2D eigenvalue weighted by Gasteiger charge is 2.14. The van der Waals surface area contributed by atoms with E-state index in [9.17, 15) is 0 Å². The molecule has 0 N–H and O–H groups in total. The summed E-state index contributed by atoms with van der Waals surface area (Å²) in [7, 11) is 0. The summed E-state index contributed by atoms with van der Waals surface area (Å²) in [6.45, 7) is 0. The third-order valence-electron chi connectivity index (χ3n) is 6.75. The van der Waals surface area contributed by atoms with Crippen LogP contribution < -0.4 is 0 Å². The van der Waals surface area contributed by atoms with Crippen LogP contribution >= 0.6 is 0 Å². The number of nitrogens with zero attached hydrogens (tertiary/aromatic N) is 3. The van der Waals surface area contributed by atoms with Gasteiger partial charge in [0.1, 0.15) is 5.52 Å². The maximum atomic E-state index is 6.03. The lowest BCUT2D eigenvalue weighted by molar-refractivity contribution is 0.620. The summed E-state index contributed by atoms with van der Waals surface area (Å²) >= 11 is 0. The molecule has 2 heterocycles. The van der Waals surface area contributed by atoms with Crippen molar-refractivity contribution in [3.05, 3.63) is 140 Å². The first kappa shape index (κ1) is 22.8. The highest BCUT2D eigenvalue weighted by Crippen LogP contribution is 2.31. The lowest BCUT2D eigenvalue weighted by Gasteiger charge is -2.10. The quantitative estimate of drug-likeness (QED) is 0.236. The number of aromatic nitrogens is 3. The van der Waals surface area contributed by atoms with Crippen LogP contribution in [0.5, 0.6) is 0 Å². The van der Waals surface area contributed by atoms with Gasteiger partial charge < -0.3 is 4.42 Å². The molecule has 0 saturated carbocycles.